The van der Waals surface area contributed by atoms with Crippen LogP contribution in [0, 0.1) is 5.82 Å². The molecule has 1 atom stereocenters. The Morgan fingerprint density at radius 1 is 1.43 bits per heavy atom. The number of carbonyl (C=O) groups is 1. The van der Waals surface area contributed by atoms with E-state index in [-0.39, 0.29) is 17.1 Å². The van der Waals surface area contributed by atoms with Gasteiger partial charge in [0.15, 0.2) is 0 Å². The van der Waals surface area contributed by atoms with E-state index in [2.05, 4.69) is 10.2 Å². The Hall–Kier alpha value is -1.37. The Labute approximate surface area is 141 Å². The van der Waals surface area contributed by atoms with Crippen LogP contribution in [0.2, 0.25) is 5.02 Å². The van der Waals surface area contributed by atoms with Crippen LogP contribution in [0.1, 0.15) is 20.8 Å². The monoisotopic (exact) mass is 343 g/mol. The minimum Gasteiger partial charge on any atom is -0.389 e. The highest BCUT2D eigenvalue weighted by molar-refractivity contribution is 6.30. The maximum atomic E-state index is 13.3. The quantitative estimate of drug-likeness (QED) is 0.887. The maximum Gasteiger partial charge on any atom is 0.321 e. The van der Waals surface area contributed by atoms with E-state index in [0.29, 0.717) is 31.9 Å². The molecule has 5 nitrogen and oxygen atoms in total. The smallest absolute Gasteiger partial charge is 0.321 e. The molecule has 1 saturated heterocycles. The number of amides is 2. The number of anilines is 1. The Morgan fingerprint density at radius 2 is 2.13 bits per heavy atom. The van der Waals surface area contributed by atoms with Crippen molar-refractivity contribution in [3.8, 4) is 0 Å². The highest BCUT2D eigenvalue weighted by Crippen LogP contribution is 2.19. The van der Waals surface area contributed by atoms with E-state index in [0.717, 1.165) is 0 Å². The van der Waals surface area contributed by atoms with Crippen molar-refractivity contribution in [2.75, 3.05) is 31.5 Å². The van der Waals surface area contributed by atoms with Gasteiger partial charge in [-0.25, -0.2) is 9.18 Å². The van der Waals surface area contributed by atoms with Crippen LogP contribution in [0.3, 0.4) is 0 Å². The molecule has 1 aromatic rings. The zero-order valence-electron chi connectivity index (χ0n) is 13.6. The topological polar surface area (TPSA) is 55.8 Å². The molecule has 23 heavy (non-hydrogen) atoms. The predicted molar refractivity (Wildman–Crippen MR) is 89.3 cm³/mol. The predicted octanol–water partition coefficient (Wildman–Crippen LogP) is 2.79. The number of rotatable bonds is 3. The van der Waals surface area contributed by atoms with Gasteiger partial charge >= 0.3 is 6.03 Å². The van der Waals surface area contributed by atoms with Gasteiger partial charge in [0.1, 0.15) is 5.82 Å². The van der Waals surface area contributed by atoms with Gasteiger partial charge in [-0.2, -0.15) is 0 Å². The van der Waals surface area contributed by atoms with Crippen LogP contribution in [-0.2, 0) is 0 Å². The molecule has 0 saturated carbocycles. The summed E-state index contributed by atoms with van der Waals surface area (Å²) in [6, 6.07) is 3.79. The Balaban J connectivity index is 1.94. The van der Waals surface area contributed by atoms with Gasteiger partial charge in [-0.3, -0.25) is 4.90 Å². The fourth-order valence-electron chi connectivity index (χ4n) is 2.74. The zero-order chi connectivity index (χ0) is 17.2. The molecule has 128 valence electrons. The molecule has 7 heteroatoms. The van der Waals surface area contributed by atoms with Gasteiger partial charge in [-0.1, -0.05) is 11.6 Å². The summed E-state index contributed by atoms with van der Waals surface area (Å²) < 4.78 is 13.3. The van der Waals surface area contributed by atoms with Crippen molar-refractivity contribution in [1.82, 2.24) is 9.80 Å². The number of piperazine rings is 1. The number of benzene rings is 1. The van der Waals surface area contributed by atoms with Crippen LogP contribution in [0.25, 0.3) is 0 Å². The van der Waals surface area contributed by atoms with Crippen molar-refractivity contribution >= 4 is 23.3 Å². The van der Waals surface area contributed by atoms with E-state index in [1.54, 1.807) is 18.7 Å². The minimum absolute atomic E-state index is 0.136. The van der Waals surface area contributed by atoms with Crippen LogP contribution in [0.5, 0.6) is 0 Å². The first-order valence-corrected chi connectivity index (χ1v) is 8.00. The first-order chi connectivity index (χ1) is 10.6. The summed E-state index contributed by atoms with van der Waals surface area (Å²) in [4.78, 5) is 16.1. The average molecular weight is 344 g/mol. The number of carbonyl (C=O) groups excluding carboxylic acids is 1. The summed E-state index contributed by atoms with van der Waals surface area (Å²) in [5.41, 5.74) is -0.427. The second-order valence-corrected chi connectivity index (χ2v) is 7.10. The molecule has 0 aliphatic carbocycles. The Morgan fingerprint density at radius 3 is 2.70 bits per heavy atom. The van der Waals surface area contributed by atoms with Crippen LogP contribution in [0.15, 0.2) is 18.2 Å². The van der Waals surface area contributed by atoms with Crippen LogP contribution >= 0.6 is 11.6 Å². The maximum absolute atomic E-state index is 13.3. The average Bonchev–Trinajstić information content (AvgIpc) is 2.38. The van der Waals surface area contributed by atoms with Crippen molar-refractivity contribution in [3.63, 3.8) is 0 Å². The molecule has 0 radical (unpaired) electrons. The summed E-state index contributed by atoms with van der Waals surface area (Å²) in [7, 11) is 0. The van der Waals surface area contributed by atoms with Gasteiger partial charge in [-0.15, -0.1) is 0 Å². The molecule has 0 aromatic heterocycles. The van der Waals surface area contributed by atoms with Crippen LogP contribution in [0.4, 0.5) is 14.9 Å². The second-order valence-electron chi connectivity index (χ2n) is 6.67. The lowest BCUT2D eigenvalue weighted by atomic mass is 10.1. The molecule has 1 aromatic carbocycles. The van der Waals surface area contributed by atoms with Crippen molar-refractivity contribution in [1.29, 1.82) is 0 Å². The highest BCUT2D eigenvalue weighted by Gasteiger charge is 2.29. The molecule has 1 fully saturated rings. The first-order valence-electron chi connectivity index (χ1n) is 7.62. The lowest BCUT2D eigenvalue weighted by molar-refractivity contribution is 0.00377. The number of aliphatic hydroxyl groups is 1. The molecule has 2 N–H and O–H groups in total. The Bertz CT molecular complexity index is 557. The Kier molecular flexibility index (Phi) is 5.49. The van der Waals surface area contributed by atoms with Crippen molar-refractivity contribution in [3.05, 3.63) is 29.0 Å². The summed E-state index contributed by atoms with van der Waals surface area (Å²) in [6.07, 6.45) is 0. The fourth-order valence-corrected chi connectivity index (χ4v) is 2.96. The van der Waals surface area contributed by atoms with Crippen molar-refractivity contribution in [2.45, 2.75) is 32.4 Å². The number of hydrogen-bond donors (Lipinski definition) is 2. The molecular formula is C16H23ClFN3O2. The van der Waals surface area contributed by atoms with E-state index >= 15 is 0 Å². The standard InChI is InChI=1S/C16H23ClFN3O2/c1-11-9-20(4-5-21(11)10-16(2,3)23)15(22)19-14-7-12(17)6-13(18)8-14/h6-8,11,23H,4-5,9-10H2,1-3H3,(H,19,22). The van der Waals surface area contributed by atoms with E-state index in [1.165, 1.54) is 18.2 Å². The third-order valence-corrected chi connectivity index (χ3v) is 3.97. The molecule has 1 aliphatic heterocycles. The third-order valence-electron chi connectivity index (χ3n) is 3.76. The van der Waals surface area contributed by atoms with Gasteiger partial charge in [0.25, 0.3) is 0 Å². The number of nitrogens with one attached hydrogen (secondary N) is 1. The highest BCUT2D eigenvalue weighted by atomic mass is 35.5. The first kappa shape index (κ1) is 18.0. The number of halogens is 2. The van der Waals surface area contributed by atoms with E-state index in [1.807, 2.05) is 6.92 Å². The molecule has 1 heterocycles. The second kappa shape index (κ2) is 7.03. The van der Waals surface area contributed by atoms with Gasteiger partial charge in [0.05, 0.1) is 5.60 Å². The van der Waals surface area contributed by atoms with Crippen molar-refractivity contribution in [2.24, 2.45) is 0 Å². The van der Waals surface area contributed by atoms with Crippen LogP contribution in [-0.4, -0.2) is 58.8 Å². The molecule has 2 rings (SSSR count). The van der Waals surface area contributed by atoms with Gasteiger partial charge in [0.2, 0.25) is 0 Å². The number of β-amino-alcohol motifs (C(OH)–C–C–N with tert-alkyl or cyclic N) is 1. The van der Waals surface area contributed by atoms with Crippen LogP contribution < -0.4 is 5.32 Å². The summed E-state index contributed by atoms with van der Waals surface area (Å²) in [5.74, 6) is -0.490. The van der Waals surface area contributed by atoms with Gasteiger partial charge < -0.3 is 15.3 Å². The third kappa shape index (κ3) is 5.34. The lowest BCUT2D eigenvalue weighted by Crippen LogP contribution is -2.57. The largest absolute Gasteiger partial charge is 0.389 e. The van der Waals surface area contributed by atoms with Gasteiger partial charge in [0, 0.05) is 42.9 Å². The lowest BCUT2D eigenvalue weighted by Gasteiger charge is -2.41. The molecule has 0 bridgehead atoms. The van der Waals surface area contributed by atoms with E-state index < -0.39 is 11.4 Å². The molecule has 0 spiro atoms. The zero-order valence-corrected chi connectivity index (χ0v) is 14.4. The summed E-state index contributed by atoms with van der Waals surface area (Å²) in [5, 5.41) is 12.8. The molecule has 1 aliphatic rings. The minimum atomic E-state index is -0.767. The van der Waals surface area contributed by atoms with E-state index in [9.17, 15) is 14.3 Å². The summed E-state index contributed by atoms with van der Waals surface area (Å²) >= 11 is 5.79. The summed E-state index contributed by atoms with van der Waals surface area (Å²) in [6.45, 7) is 7.90. The fraction of sp³-hybridized carbons (Fsp3) is 0.562. The molecule has 2 amide bonds. The molecular weight excluding hydrogens is 321 g/mol. The number of urea groups is 1. The SMILES string of the molecule is CC1CN(C(=O)Nc2cc(F)cc(Cl)c2)CCN1CC(C)(C)O. The molecule has 1 unspecified atom stereocenters. The number of nitrogens with zero attached hydrogens (tertiary/aromatic N) is 2. The van der Waals surface area contributed by atoms with Crippen molar-refractivity contribution < 1.29 is 14.3 Å². The van der Waals surface area contributed by atoms with E-state index in [4.69, 9.17) is 11.6 Å². The number of hydrogen-bond acceptors (Lipinski definition) is 3. The van der Waals surface area contributed by atoms with Gasteiger partial charge in [-0.05, 0) is 39.0 Å². The normalized spacial score (nSPS) is 19.7.